The maximum Gasteiger partial charge on any atom is 0.255 e. The molecule has 0 atom stereocenters. The predicted octanol–water partition coefficient (Wildman–Crippen LogP) is 6.09. The molecule has 3 rings (SSSR count). The molecule has 3 aromatic rings. The lowest BCUT2D eigenvalue weighted by Gasteiger charge is -2.14. The van der Waals surface area contributed by atoms with Gasteiger partial charge in [-0.1, -0.05) is 47.5 Å². The minimum absolute atomic E-state index is 0.271. The van der Waals surface area contributed by atoms with Crippen LogP contribution in [0.5, 0.6) is 11.5 Å². The molecule has 4 nitrogen and oxygen atoms in total. The summed E-state index contributed by atoms with van der Waals surface area (Å²) >= 11 is 8.59. The fourth-order valence-electron chi connectivity index (χ4n) is 2.60. The highest BCUT2D eigenvalue weighted by atomic mass is 127. The van der Waals surface area contributed by atoms with Gasteiger partial charge in [0.2, 0.25) is 0 Å². The maximum atomic E-state index is 12.6. The van der Waals surface area contributed by atoms with Gasteiger partial charge < -0.3 is 14.8 Å². The highest BCUT2D eigenvalue weighted by molar-refractivity contribution is 14.1. The molecule has 28 heavy (non-hydrogen) atoms. The van der Waals surface area contributed by atoms with E-state index >= 15 is 0 Å². The second-order valence-corrected chi connectivity index (χ2v) is 7.88. The Hall–Kier alpha value is -2.25. The minimum atomic E-state index is -0.271. The molecule has 1 N–H and O–H groups in total. The summed E-state index contributed by atoms with van der Waals surface area (Å²) in [5.41, 5.74) is 3.31. The number of amides is 1. The first-order valence-electron chi connectivity index (χ1n) is 8.59. The van der Waals surface area contributed by atoms with Gasteiger partial charge in [0.1, 0.15) is 6.61 Å². The second kappa shape index (κ2) is 9.30. The molecular formula is C22H19ClINO3. The summed E-state index contributed by atoms with van der Waals surface area (Å²) in [5, 5.41) is 3.18. The number of ether oxygens (including phenoxy) is 2. The summed E-state index contributed by atoms with van der Waals surface area (Å²) in [4.78, 5) is 12.6. The molecule has 0 saturated heterocycles. The molecule has 6 heteroatoms. The van der Waals surface area contributed by atoms with Gasteiger partial charge in [0.05, 0.1) is 12.1 Å². The number of nitrogens with one attached hydrogen (secondary N) is 1. The summed E-state index contributed by atoms with van der Waals surface area (Å²) in [7, 11) is 1.52. The summed E-state index contributed by atoms with van der Waals surface area (Å²) in [6.45, 7) is 2.38. The Balaban J connectivity index is 1.78. The largest absolute Gasteiger partial charge is 0.493 e. The van der Waals surface area contributed by atoms with Crippen molar-refractivity contribution in [3.8, 4) is 11.5 Å². The summed E-state index contributed by atoms with van der Waals surface area (Å²) in [6, 6.07) is 18.8. The maximum absolute atomic E-state index is 12.6. The van der Waals surface area contributed by atoms with Crippen LogP contribution in [0, 0.1) is 10.5 Å². The quantitative estimate of drug-likeness (QED) is 0.411. The van der Waals surface area contributed by atoms with Crippen molar-refractivity contribution in [3.63, 3.8) is 0 Å². The van der Waals surface area contributed by atoms with Crippen molar-refractivity contribution in [2.75, 3.05) is 12.4 Å². The number of carbonyl (C=O) groups excluding carboxylic acids is 1. The number of rotatable bonds is 6. The number of methoxy groups -OCH3 is 1. The third-order valence-corrected chi connectivity index (χ3v) is 5.03. The van der Waals surface area contributed by atoms with Crippen molar-refractivity contribution >= 4 is 45.8 Å². The summed E-state index contributed by atoms with van der Waals surface area (Å²) < 4.78 is 12.3. The Morgan fingerprint density at radius 3 is 2.54 bits per heavy atom. The van der Waals surface area contributed by atoms with Crippen molar-refractivity contribution in [3.05, 3.63) is 85.9 Å². The first kappa shape index (κ1) is 20.5. The Labute approximate surface area is 183 Å². The number of halogens is 2. The van der Waals surface area contributed by atoms with Crippen LogP contribution in [0.4, 0.5) is 5.69 Å². The molecule has 0 heterocycles. The molecule has 0 saturated carbocycles. The van der Waals surface area contributed by atoms with Crippen LogP contribution in [0.25, 0.3) is 0 Å². The fourth-order valence-corrected chi connectivity index (χ4v) is 3.41. The average molecular weight is 508 g/mol. The van der Waals surface area contributed by atoms with Crippen LogP contribution in [-0.4, -0.2) is 13.0 Å². The molecule has 0 bridgehead atoms. The van der Waals surface area contributed by atoms with Gasteiger partial charge >= 0.3 is 0 Å². The lowest BCUT2D eigenvalue weighted by Crippen LogP contribution is -2.12. The van der Waals surface area contributed by atoms with Crippen LogP contribution in [0.1, 0.15) is 21.5 Å². The van der Waals surface area contributed by atoms with Gasteiger partial charge in [-0.05, 0) is 65.4 Å². The highest BCUT2D eigenvalue weighted by Crippen LogP contribution is 2.37. The minimum Gasteiger partial charge on any atom is -0.493 e. The van der Waals surface area contributed by atoms with Crippen molar-refractivity contribution in [1.29, 1.82) is 0 Å². The molecule has 1 amide bonds. The van der Waals surface area contributed by atoms with Gasteiger partial charge in [-0.15, -0.1) is 0 Å². The summed E-state index contributed by atoms with van der Waals surface area (Å²) in [6.07, 6.45) is 0. The molecule has 0 spiro atoms. The Bertz CT molecular complexity index is 990. The first-order chi connectivity index (χ1) is 13.5. The topological polar surface area (TPSA) is 47.6 Å². The lowest BCUT2D eigenvalue weighted by molar-refractivity contribution is 0.102. The van der Waals surface area contributed by atoms with Gasteiger partial charge in [0.15, 0.2) is 11.5 Å². The number of aryl methyl sites for hydroxylation is 1. The zero-order valence-electron chi connectivity index (χ0n) is 15.5. The van der Waals surface area contributed by atoms with Gasteiger partial charge in [0, 0.05) is 14.8 Å². The smallest absolute Gasteiger partial charge is 0.255 e. The standard InChI is InChI=1S/C22H19ClINO3/c1-14-6-8-15(9-7-14)13-28-21-19(23)10-16(11-20(21)27-2)22(26)25-18-5-3-4-17(24)12-18/h3-12H,13H2,1-2H3,(H,25,26). The number of benzene rings is 3. The van der Waals surface area contributed by atoms with E-state index in [2.05, 4.69) is 27.9 Å². The Morgan fingerprint density at radius 2 is 1.86 bits per heavy atom. The van der Waals surface area contributed by atoms with Crippen molar-refractivity contribution in [2.45, 2.75) is 13.5 Å². The summed E-state index contributed by atoms with van der Waals surface area (Å²) in [5.74, 6) is 0.551. The third-order valence-electron chi connectivity index (χ3n) is 4.08. The Kier molecular flexibility index (Phi) is 6.80. The normalized spacial score (nSPS) is 10.4. The molecule has 0 fully saturated rings. The van der Waals surface area contributed by atoms with E-state index in [4.69, 9.17) is 21.1 Å². The van der Waals surface area contributed by atoms with Crippen LogP contribution in [0.15, 0.2) is 60.7 Å². The molecule has 0 aliphatic rings. The molecule has 0 aromatic heterocycles. The van der Waals surface area contributed by atoms with Crippen LogP contribution < -0.4 is 14.8 Å². The Morgan fingerprint density at radius 1 is 1.11 bits per heavy atom. The second-order valence-electron chi connectivity index (χ2n) is 6.23. The molecule has 3 aromatic carbocycles. The van der Waals surface area contributed by atoms with Gasteiger partial charge in [0.25, 0.3) is 5.91 Å². The number of carbonyl (C=O) groups is 1. The van der Waals surface area contributed by atoms with E-state index in [1.807, 2.05) is 55.5 Å². The number of hydrogen-bond donors (Lipinski definition) is 1. The van der Waals surface area contributed by atoms with Crippen LogP contribution >= 0.6 is 34.2 Å². The molecule has 0 radical (unpaired) electrons. The first-order valence-corrected chi connectivity index (χ1v) is 10.0. The zero-order chi connectivity index (χ0) is 20.1. The monoisotopic (exact) mass is 507 g/mol. The third kappa shape index (κ3) is 5.17. The van der Waals surface area contributed by atoms with Gasteiger partial charge in [-0.25, -0.2) is 0 Å². The predicted molar refractivity (Wildman–Crippen MR) is 121 cm³/mol. The molecule has 0 aliphatic heterocycles. The average Bonchev–Trinajstić information content (AvgIpc) is 2.67. The fraction of sp³-hybridized carbons (Fsp3) is 0.136. The number of hydrogen-bond acceptors (Lipinski definition) is 3. The van der Waals surface area contributed by atoms with Crippen LogP contribution in [0.2, 0.25) is 5.02 Å². The van der Waals surface area contributed by atoms with Crippen LogP contribution in [-0.2, 0) is 6.61 Å². The van der Waals surface area contributed by atoms with Gasteiger partial charge in [-0.2, -0.15) is 0 Å². The SMILES string of the molecule is COc1cc(C(=O)Nc2cccc(I)c2)cc(Cl)c1OCc1ccc(C)cc1. The van der Waals surface area contributed by atoms with E-state index in [1.54, 1.807) is 12.1 Å². The number of anilines is 1. The van der Waals surface area contributed by atoms with Crippen molar-refractivity contribution in [2.24, 2.45) is 0 Å². The molecule has 0 unspecified atom stereocenters. The van der Waals surface area contributed by atoms with Crippen molar-refractivity contribution in [1.82, 2.24) is 0 Å². The van der Waals surface area contributed by atoms with Crippen molar-refractivity contribution < 1.29 is 14.3 Å². The van der Waals surface area contributed by atoms with Crippen LogP contribution in [0.3, 0.4) is 0 Å². The van der Waals surface area contributed by atoms with E-state index in [9.17, 15) is 4.79 Å². The molecular weight excluding hydrogens is 489 g/mol. The highest BCUT2D eigenvalue weighted by Gasteiger charge is 2.16. The van der Waals surface area contributed by atoms with E-state index < -0.39 is 0 Å². The van der Waals surface area contributed by atoms with E-state index in [1.165, 1.54) is 12.7 Å². The van der Waals surface area contributed by atoms with Gasteiger partial charge in [-0.3, -0.25) is 4.79 Å². The van der Waals surface area contributed by atoms with E-state index in [-0.39, 0.29) is 5.91 Å². The molecule has 144 valence electrons. The zero-order valence-corrected chi connectivity index (χ0v) is 18.4. The van der Waals surface area contributed by atoms with E-state index in [0.717, 1.165) is 9.13 Å². The van der Waals surface area contributed by atoms with E-state index in [0.29, 0.717) is 34.4 Å². The lowest BCUT2D eigenvalue weighted by atomic mass is 10.1. The molecule has 0 aliphatic carbocycles.